The molecule has 0 bridgehead atoms. The number of carboxylic acids is 1. The molecule has 1 saturated carbocycles. The van der Waals surface area contributed by atoms with Crippen molar-refractivity contribution in [2.45, 2.75) is 26.2 Å². The van der Waals surface area contributed by atoms with Gasteiger partial charge in [0.1, 0.15) is 5.82 Å². The first-order valence-electron chi connectivity index (χ1n) is 5.61. The van der Waals surface area contributed by atoms with Crippen LogP contribution in [0, 0.1) is 17.2 Å². The molecule has 2 rings (SSSR count). The molecular weight excluding hydrogens is 243 g/mol. The highest BCUT2D eigenvalue weighted by atomic mass is 35.5. The van der Waals surface area contributed by atoms with Gasteiger partial charge in [0.05, 0.1) is 10.4 Å². The van der Waals surface area contributed by atoms with Crippen LogP contribution in [0.25, 0.3) is 0 Å². The largest absolute Gasteiger partial charge is 0.481 e. The summed E-state index contributed by atoms with van der Waals surface area (Å²) in [6.45, 7) is 1.69. The Morgan fingerprint density at radius 1 is 1.59 bits per heavy atom. The molecule has 0 spiro atoms. The Hall–Kier alpha value is -1.09. The van der Waals surface area contributed by atoms with Crippen molar-refractivity contribution < 1.29 is 14.3 Å². The summed E-state index contributed by atoms with van der Waals surface area (Å²) >= 11 is 5.70. The van der Waals surface area contributed by atoms with Gasteiger partial charge in [0.25, 0.3) is 0 Å². The van der Waals surface area contributed by atoms with E-state index in [-0.39, 0.29) is 17.4 Å². The average molecular weight is 257 g/mol. The number of hydrogen-bond donors (Lipinski definition) is 1. The molecule has 4 heteroatoms. The van der Waals surface area contributed by atoms with Gasteiger partial charge in [-0.2, -0.15) is 0 Å². The molecule has 1 aliphatic rings. The molecule has 1 aromatic carbocycles. The standard InChI is InChI=1S/C13H14ClFO2/c1-13(12(16)17,9-5-6-9)7-8-3-2-4-10(14)11(8)15/h2-4,9H,5-7H2,1H3,(H,16,17). The summed E-state index contributed by atoms with van der Waals surface area (Å²) in [6.07, 6.45) is 2.01. The van der Waals surface area contributed by atoms with E-state index in [0.29, 0.717) is 5.56 Å². The minimum absolute atomic E-state index is 0.0473. The van der Waals surface area contributed by atoms with E-state index in [2.05, 4.69) is 0 Å². The number of aliphatic carboxylic acids is 1. The monoisotopic (exact) mass is 256 g/mol. The third-order valence-electron chi connectivity index (χ3n) is 3.56. The molecule has 1 N–H and O–H groups in total. The van der Waals surface area contributed by atoms with Crippen molar-refractivity contribution >= 4 is 17.6 Å². The van der Waals surface area contributed by atoms with E-state index >= 15 is 0 Å². The molecule has 1 atom stereocenters. The maximum absolute atomic E-state index is 13.8. The molecule has 17 heavy (non-hydrogen) atoms. The Labute approximate surface area is 104 Å². The van der Waals surface area contributed by atoms with Crippen LogP contribution in [0.15, 0.2) is 18.2 Å². The third kappa shape index (κ3) is 2.29. The van der Waals surface area contributed by atoms with Crippen molar-refractivity contribution in [3.63, 3.8) is 0 Å². The van der Waals surface area contributed by atoms with Crippen molar-refractivity contribution in [2.75, 3.05) is 0 Å². The van der Waals surface area contributed by atoms with Crippen LogP contribution in [0.3, 0.4) is 0 Å². The predicted octanol–water partition coefficient (Wildman–Crippen LogP) is 3.52. The molecule has 0 saturated heterocycles. The lowest BCUT2D eigenvalue weighted by Gasteiger charge is -2.24. The second kappa shape index (κ2) is 4.30. The van der Waals surface area contributed by atoms with E-state index in [4.69, 9.17) is 11.6 Å². The molecule has 1 aliphatic carbocycles. The molecule has 92 valence electrons. The van der Waals surface area contributed by atoms with Crippen LogP contribution in [-0.4, -0.2) is 11.1 Å². The molecule has 1 aromatic rings. The highest BCUT2D eigenvalue weighted by Gasteiger charge is 2.47. The van der Waals surface area contributed by atoms with Crippen molar-refractivity contribution in [3.8, 4) is 0 Å². The third-order valence-corrected chi connectivity index (χ3v) is 3.85. The maximum atomic E-state index is 13.8. The van der Waals surface area contributed by atoms with E-state index in [1.165, 1.54) is 6.07 Å². The van der Waals surface area contributed by atoms with Gasteiger partial charge in [-0.3, -0.25) is 4.79 Å². The highest BCUT2D eigenvalue weighted by molar-refractivity contribution is 6.30. The molecule has 0 heterocycles. The molecule has 1 fully saturated rings. The van der Waals surface area contributed by atoms with Crippen LogP contribution in [-0.2, 0) is 11.2 Å². The zero-order chi connectivity index (χ0) is 12.6. The van der Waals surface area contributed by atoms with Crippen LogP contribution in [0.5, 0.6) is 0 Å². The first-order valence-corrected chi connectivity index (χ1v) is 5.99. The Kier molecular flexibility index (Phi) is 3.13. The second-order valence-electron chi connectivity index (χ2n) is 4.89. The van der Waals surface area contributed by atoms with Gasteiger partial charge >= 0.3 is 5.97 Å². The van der Waals surface area contributed by atoms with Gasteiger partial charge in [-0.1, -0.05) is 23.7 Å². The molecule has 0 aromatic heterocycles. The SMILES string of the molecule is CC(Cc1cccc(Cl)c1F)(C(=O)O)C1CC1. The first-order chi connectivity index (χ1) is 7.95. The van der Waals surface area contributed by atoms with Gasteiger partial charge in [0, 0.05) is 0 Å². The van der Waals surface area contributed by atoms with Crippen molar-refractivity contribution in [3.05, 3.63) is 34.6 Å². The summed E-state index contributed by atoms with van der Waals surface area (Å²) in [6, 6.07) is 4.72. The Bertz CT molecular complexity index is 457. The van der Waals surface area contributed by atoms with Crippen molar-refractivity contribution in [2.24, 2.45) is 11.3 Å². The van der Waals surface area contributed by atoms with Crippen LogP contribution >= 0.6 is 11.6 Å². The maximum Gasteiger partial charge on any atom is 0.309 e. The topological polar surface area (TPSA) is 37.3 Å². The van der Waals surface area contributed by atoms with Crippen molar-refractivity contribution in [1.82, 2.24) is 0 Å². The van der Waals surface area contributed by atoms with Crippen LogP contribution in [0.4, 0.5) is 4.39 Å². The fourth-order valence-electron chi connectivity index (χ4n) is 2.20. The predicted molar refractivity (Wildman–Crippen MR) is 63.6 cm³/mol. The Balaban J connectivity index is 2.29. The normalized spacial score (nSPS) is 18.8. The van der Waals surface area contributed by atoms with Gasteiger partial charge < -0.3 is 5.11 Å². The Morgan fingerprint density at radius 2 is 2.24 bits per heavy atom. The summed E-state index contributed by atoms with van der Waals surface area (Å²) < 4.78 is 13.8. The average Bonchev–Trinajstić information content (AvgIpc) is 3.08. The fourth-order valence-corrected chi connectivity index (χ4v) is 2.39. The number of carboxylic acid groups (broad SMARTS) is 1. The van der Waals surface area contributed by atoms with Gasteiger partial charge in [0.15, 0.2) is 0 Å². The summed E-state index contributed by atoms with van der Waals surface area (Å²) in [5.74, 6) is -1.21. The summed E-state index contributed by atoms with van der Waals surface area (Å²) in [4.78, 5) is 11.3. The quantitative estimate of drug-likeness (QED) is 0.895. The van der Waals surface area contributed by atoms with Crippen molar-refractivity contribution in [1.29, 1.82) is 0 Å². The molecular formula is C13H14ClFO2. The number of rotatable bonds is 4. The minimum Gasteiger partial charge on any atom is -0.481 e. The summed E-state index contributed by atoms with van der Waals surface area (Å²) in [7, 11) is 0. The number of hydrogen-bond acceptors (Lipinski definition) is 1. The smallest absolute Gasteiger partial charge is 0.309 e. The molecule has 0 aliphatic heterocycles. The van der Waals surface area contributed by atoms with Gasteiger partial charge in [0.2, 0.25) is 0 Å². The number of benzene rings is 1. The van der Waals surface area contributed by atoms with Gasteiger partial charge in [-0.05, 0) is 43.7 Å². The molecule has 2 nitrogen and oxygen atoms in total. The van der Waals surface area contributed by atoms with E-state index in [9.17, 15) is 14.3 Å². The van der Waals surface area contributed by atoms with E-state index in [0.717, 1.165) is 12.8 Å². The van der Waals surface area contributed by atoms with Crippen LogP contribution < -0.4 is 0 Å². The highest BCUT2D eigenvalue weighted by Crippen LogP contribution is 2.47. The van der Waals surface area contributed by atoms with Crippen LogP contribution in [0.1, 0.15) is 25.3 Å². The Morgan fingerprint density at radius 3 is 2.76 bits per heavy atom. The van der Waals surface area contributed by atoms with E-state index in [1.807, 2.05) is 0 Å². The summed E-state index contributed by atoms with van der Waals surface area (Å²) in [5.41, 5.74) is -0.500. The fraction of sp³-hybridized carbons (Fsp3) is 0.462. The lowest BCUT2D eigenvalue weighted by atomic mass is 9.79. The lowest BCUT2D eigenvalue weighted by Crippen LogP contribution is -2.32. The zero-order valence-electron chi connectivity index (χ0n) is 9.54. The van der Waals surface area contributed by atoms with Gasteiger partial charge in [-0.15, -0.1) is 0 Å². The van der Waals surface area contributed by atoms with E-state index < -0.39 is 17.2 Å². The number of halogens is 2. The molecule has 0 amide bonds. The molecule has 1 unspecified atom stereocenters. The lowest BCUT2D eigenvalue weighted by molar-refractivity contribution is -0.149. The first kappa shape index (κ1) is 12.4. The number of carbonyl (C=O) groups is 1. The van der Waals surface area contributed by atoms with Gasteiger partial charge in [-0.25, -0.2) is 4.39 Å². The molecule has 0 radical (unpaired) electrons. The second-order valence-corrected chi connectivity index (χ2v) is 5.29. The minimum atomic E-state index is -0.883. The van der Waals surface area contributed by atoms with E-state index in [1.54, 1.807) is 19.1 Å². The zero-order valence-corrected chi connectivity index (χ0v) is 10.3. The van der Waals surface area contributed by atoms with Crippen LogP contribution in [0.2, 0.25) is 5.02 Å². The summed E-state index contributed by atoms with van der Waals surface area (Å²) in [5, 5.41) is 9.36.